The highest BCUT2D eigenvalue weighted by Gasteiger charge is 2.09. The lowest BCUT2D eigenvalue weighted by Gasteiger charge is -1.99. The van der Waals surface area contributed by atoms with Gasteiger partial charge in [-0.25, -0.2) is 5.43 Å². The predicted molar refractivity (Wildman–Crippen MR) is 98.5 cm³/mol. The van der Waals surface area contributed by atoms with Crippen LogP contribution < -0.4 is 5.43 Å². The first-order chi connectivity index (χ1) is 12.6. The van der Waals surface area contributed by atoms with Crippen LogP contribution in [0.2, 0.25) is 5.02 Å². The average molecular weight is 368 g/mol. The molecule has 2 N–H and O–H groups in total. The zero-order valence-electron chi connectivity index (χ0n) is 13.0. The fraction of sp³-hybridized carbons (Fsp3) is 0. The summed E-state index contributed by atoms with van der Waals surface area (Å²) in [6, 6.07) is 11.8. The molecule has 0 aliphatic rings. The van der Waals surface area contributed by atoms with Crippen LogP contribution in [0.4, 0.5) is 11.6 Å². The van der Waals surface area contributed by atoms with Gasteiger partial charge in [0.05, 0.1) is 11.1 Å². The topological polar surface area (TPSA) is 122 Å². The maximum absolute atomic E-state index is 10.8. The van der Waals surface area contributed by atoms with Crippen molar-refractivity contribution in [3.8, 4) is 0 Å². The molecule has 0 saturated heterocycles. The third-order valence-electron chi connectivity index (χ3n) is 3.68. The second-order valence-electron chi connectivity index (χ2n) is 5.34. The molecule has 0 aliphatic heterocycles. The van der Waals surface area contributed by atoms with Crippen LogP contribution in [0.3, 0.4) is 0 Å². The molecule has 128 valence electrons. The van der Waals surface area contributed by atoms with Crippen LogP contribution in [0.1, 0.15) is 5.56 Å². The Bertz CT molecular complexity index is 1170. The molecule has 0 saturated carbocycles. The molecule has 4 rings (SSSR count). The van der Waals surface area contributed by atoms with Gasteiger partial charge in [0.25, 0.3) is 11.6 Å². The van der Waals surface area contributed by atoms with E-state index in [1.165, 1.54) is 24.4 Å². The number of halogens is 1. The predicted octanol–water partition coefficient (Wildman–Crippen LogP) is 3.51. The Morgan fingerprint density at radius 1 is 1.23 bits per heavy atom. The fourth-order valence-corrected chi connectivity index (χ4v) is 2.64. The van der Waals surface area contributed by atoms with E-state index in [0.29, 0.717) is 21.7 Å². The van der Waals surface area contributed by atoms with Gasteiger partial charge in [-0.15, -0.1) is 10.2 Å². The van der Waals surface area contributed by atoms with Crippen LogP contribution in [-0.2, 0) is 0 Å². The molecule has 0 radical (unpaired) electrons. The van der Waals surface area contributed by atoms with E-state index in [-0.39, 0.29) is 11.6 Å². The van der Waals surface area contributed by atoms with Gasteiger partial charge in [-0.05, 0) is 12.1 Å². The maximum Gasteiger partial charge on any atom is 0.270 e. The summed E-state index contributed by atoms with van der Waals surface area (Å²) in [6.07, 6.45) is 1.36. The molecule has 0 unspecified atom stereocenters. The number of nitro groups is 1. The minimum absolute atomic E-state index is 0.0757. The molecule has 2 aromatic heterocycles. The van der Waals surface area contributed by atoms with Crippen molar-refractivity contribution in [2.24, 2.45) is 5.10 Å². The summed E-state index contributed by atoms with van der Waals surface area (Å²) >= 11 is 6.02. The molecule has 2 heterocycles. The number of nitrogens with zero attached hydrogens (tertiary/aromatic N) is 5. The van der Waals surface area contributed by atoms with Gasteiger partial charge in [0, 0.05) is 33.6 Å². The first-order valence-corrected chi connectivity index (χ1v) is 7.84. The van der Waals surface area contributed by atoms with E-state index >= 15 is 0 Å². The third kappa shape index (κ3) is 2.91. The van der Waals surface area contributed by atoms with Crippen LogP contribution in [0.15, 0.2) is 47.6 Å². The molecular weight excluding hydrogens is 358 g/mol. The number of aromatic nitrogens is 4. The number of rotatable bonds is 4. The summed E-state index contributed by atoms with van der Waals surface area (Å²) in [4.78, 5) is 17.8. The van der Waals surface area contributed by atoms with Gasteiger partial charge in [-0.1, -0.05) is 29.8 Å². The Balaban J connectivity index is 1.60. The minimum Gasteiger partial charge on any atom is -0.338 e. The van der Waals surface area contributed by atoms with Crippen LogP contribution in [0.5, 0.6) is 0 Å². The molecule has 0 bridgehead atoms. The molecule has 26 heavy (non-hydrogen) atoms. The molecular formula is C16H10ClN7O2. The van der Waals surface area contributed by atoms with Crippen LogP contribution in [-0.4, -0.2) is 31.3 Å². The summed E-state index contributed by atoms with van der Waals surface area (Å²) in [5.41, 5.74) is 5.11. The SMILES string of the molecule is O=[N+]([O-])c1ccc(Cl)c(/C=N/Nc2nnc3c(n2)[nH]c2ccccc23)c1. The van der Waals surface area contributed by atoms with E-state index in [2.05, 4.69) is 30.7 Å². The Morgan fingerprint density at radius 2 is 2.08 bits per heavy atom. The number of hydrogen-bond acceptors (Lipinski definition) is 7. The molecule has 10 heteroatoms. The lowest BCUT2D eigenvalue weighted by atomic mass is 10.2. The van der Waals surface area contributed by atoms with Crippen molar-refractivity contribution in [1.29, 1.82) is 0 Å². The van der Waals surface area contributed by atoms with Gasteiger partial charge in [0.2, 0.25) is 0 Å². The third-order valence-corrected chi connectivity index (χ3v) is 4.02. The molecule has 2 aromatic carbocycles. The van der Waals surface area contributed by atoms with E-state index in [9.17, 15) is 10.1 Å². The van der Waals surface area contributed by atoms with E-state index in [1.54, 1.807) is 0 Å². The van der Waals surface area contributed by atoms with Crippen molar-refractivity contribution < 1.29 is 4.92 Å². The Hall–Kier alpha value is -3.59. The standard InChI is InChI=1S/C16H10ClN7O2/c17-12-6-5-10(24(25)26)7-9(12)8-18-22-16-20-15-14(21-23-16)11-3-1-2-4-13(11)19-15/h1-8H,(H2,19,20,22,23)/b18-8+. The number of hydrazone groups is 1. The number of benzene rings is 2. The summed E-state index contributed by atoms with van der Waals surface area (Å²) < 4.78 is 0. The lowest BCUT2D eigenvalue weighted by Crippen LogP contribution is -1.99. The van der Waals surface area contributed by atoms with Gasteiger partial charge in [-0.3, -0.25) is 10.1 Å². The molecule has 0 spiro atoms. The maximum atomic E-state index is 10.8. The van der Waals surface area contributed by atoms with Gasteiger partial charge in [0.15, 0.2) is 5.65 Å². The Labute approximate surface area is 150 Å². The highest BCUT2D eigenvalue weighted by Crippen LogP contribution is 2.22. The summed E-state index contributed by atoms with van der Waals surface area (Å²) in [5.74, 6) is 0.182. The summed E-state index contributed by atoms with van der Waals surface area (Å²) in [5, 5.41) is 24.2. The molecule has 4 aromatic rings. The summed E-state index contributed by atoms with van der Waals surface area (Å²) in [6.45, 7) is 0. The monoisotopic (exact) mass is 367 g/mol. The van der Waals surface area contributed by atoms with Gasteiger partial charge < -0.3 is 4.98 Å². The van der Waals surface area contributed by atoms with Crippen molar-refractivity contribution in [3.63, 3.8) is 0 Å². The zero-order chi connectivity index (χ0) is 18.1. The van der Waals surface area contributed by atoms with Gasteiger partial charge >= 0.3 is 0 Å². The molecule has 0 fully saturated rings. The van der Waals surface area contributed by atoms with E-state index < -0.39 is 4.92 Å². The minimum atomic E-state index is -0.502. The number of H-pyrrole nitrogens is 1. The second kappa shape index (κ2) is 6.37. The molecule has 0 aliphatic carbocycles. The average Bonchev–Trinajstić information content (AvgIpc) is 3.01. The number of fused-ring (bicyclic) bond motifs is 3. The van der Waals surface area contributed by atoms with Gasteiger partial charge in [-0.2, -0.15) is 10.1 Å². The van der Waals surface area contributed by atoms with Crippen molar-refractivity contribution in [2.75, 3.05) is 5.43 Å². The fourth-order valence-electron chi connectivity index (χ4n) is 2.47. The number of hydrogen-bond donors (Lipinski definition) is 2. The largest absolute Gasteiger partial charge is 0.338 e. The Kier molecular flexibility index (Phi) is 3.90. The van der Waals surface area contributed by atoms with E-state index in [1.807, 2.05) is 24.3 Å². The molecule has 0 amide bonds. The number of anilines is 1. The highest BCUT2D eigenvalue weighted by atomic mass is 35.5. The number of non-ortho nitro benzene ring substituents is 1. The van der Waals surface area contributed by atoms with Crippen LogP contribution in [0, 0.1) is 10.1 Å². The molecule has 0 atom stereocenters. The highest BCUT2D eigenvalue weighted by molar-refractivity contribution is 6.33. The number of para-hydroxylation sites is 1. The second-order valence-corrected chi connectivity index (χ2v) is 5.74. The number of aromatic amines is 1. The van der Waals surface area contributed by atoms with E-state index in [4.69, 9.17) is 11.6 Å². The lowest BCUT2D eigenvalue weighted by molar-refractivity contribution is -0.384. The van der Waals surface area contributed by atoms with Crippen molar-refractivity contribution >= 4 is 51.5 Å². The first kappa shape index (κ1) is 15.9. The van der Waals surface area contributed by atoms with Gasteiger partial charge in [0.1, 0.15) is 5.52 Å². The van der Waals surface area contributed by atoms with Crippen molar-refractivity contribution in [1.82, 2.24) is 20.2 Å². The quantitative estimate of drug-likeness (QED) is 0.323. The van der Waals surface area contributed by atoms with Crippen LogP contribution >= 0.6 is 11.6 Å². The Morgan fingerprint density at radius 3 is 2.92 bits per heavy atom. The first-order valence-electron chi connectivity index (χ1n) is 7.46. The van der Waals surface area contributed by atoms with Crippen LogP contribution in [0.25, 0.3) is 22.1 Å². The smallest absolute Gasteiger partial charge is 0.270 e. The van der Waals surface area contributed by atoms with E-state index in [0.717, 1.165) is 10.9 Å². The number of nitro benzene ring substituents is 1. The number of nitrogens with one attached hydrogen (secondary N) is 2. The zero-order valence-corrected chi connectivity index (χ0v) is 13.8. The summed E-state index contributed by atoms with van der Waals surface area (Å²) in [7, 11) is 0. The van der Waals surface area contributed by atoms with Crippen molar-refractivity contribution in [2.45, 2.75) is 0 Å². The molecule has 9 nitrogen and oxygen atoms in total. The van der Waals surface area contributed by atoms with Crippen molar-refractivity contribution in [3.05, 3.63) is 63.2 Å². The normalized spacial score (nSPS) is 11.4.